The normalized spacial score (nSPS) is 11.9. The highest BCUT2D eigenvalue weighted by molar-refractivity contribution is 5.67. The van der Waals surface area contributed by atoms with Gasteiger partial charge in [0, 0.05) is 12.0 Å². The molecule has 1 amide bonds. The van der Waals surface area contributed by atoms with Gasteiger partial charge in [0.1, 0.15) is 11.5 Å². The molecule has 0 radical (unpaired) electrons. The van der Waals surface area contributed by atoms with Crippen molar-refractivity contribution in [2.24, 2.45) is 0 Å². The third kappa shape index (κ3) is 8.98. The van der Waals surface area contributed by atoms with Crippen molar-refractivity contribution in [1.82, 2.24) is 5.32 Å². The highest BCUT2D eigenvalue weighted by Crippen LogP contribution is 2.39. The van der Waals surface area contributed by atoms with Gasteiger partial charge in [0.2, 0.25) is 0 Å². The van der Waals surface area contributed by atoms with Gasteiger partial charge < -0.3 is 19.5 Å². The first kappa shape index (κ1) is 29.4. The maximum absolute atomic E-state index is 13.0. The highest BCUT2D eigenvalue weighted by atomic mass is 19.4. The summed E-state index contributed by atoms with van der Waals surface area (Å²) >= 11 is 0. The number of carbonyl (C=O) groups is 1. The molecular weight excluding hydrogens is 528 g/mol. The number of hydrogen-bond donors (Lipinski definition) is 1. The van der Waals surface area contributed by atoms with Gasteiger partial charge in [0.15, 0.2) is 0 Å². The minimum absolute atomic E-state index is 0.0326. The van der Waals surface area contributed by atoms with Crippen molar-refractivity contribution in [2.75, 3.05) is 13.2 Å². The molecule has 5 nitrogen and oxygen atoms in total. The molecular formula is C28H25F6NO4. The van der Waals surface area contributed by atoms with Crippen molar-refractivity contribution in [3.05, 3.63) is 108 Å². The van der Waals surface area contributed by atoms with Crippen LogP contribution in [0.25, 0.3) is 0 Å². The van der Waals surface area contributed by atoms with E-state index in [0.717, 1.165) is 24.3 Å². The minimum atomic E-state index is -4.98. The fraction of sp³-hybridized carbons (Fsp3) is 0.250. The van der Waals surface area contributed by atoms with Crippen LogP contribution in [0.3, 0.4) is 0 Å². The van der Waals surface area contributed by atoms with E-state index in [4.69, 9.17) is 4.74 Å². The Kier molecular flexibility index (Phi) is 9.50. The largest absolute Gasteiger partial charge is 0.573 e. The lowest BCUT2D eigenvalue weighted by Gasteiger charge is -2.36. The number of nitrogens with one attached hydrogen (secondary N) is 1. The van der Waals surface area contributed by atoms with Crippen molar-refractivity contribution in [1.29, 1.82) is 0 Å². The molecule has 0 unspecified atom stereocenters. The molecule has 3 rings (SSSR count). The Bertz CT molecular complexity index is 1190. The zero-order chi connectivity index (χ0) is 28.5. The summed E-state index contributed by atoms with van der Waals surface area (Å²) in [6.45, 7) is 3.32. The van der Waals surface area contributed by atoms with E-state index in [1.54, 1.807) is 36.4 Å². The van der Waals surface area contributed by atoms with Gasteiger partial charge in [-0.2, -0.15) is 0 Å². The number of ether oxygens (including phenoxy) is 3. The molecule has 0 saturated heterocycles. The summed E-state index contributed by atoms with van der Waals surface area (Å²) in [4.78, 5) is 12.5. The molecule has 3 aromatic rings. The lowest BCUT2D eigenvalue weighted by Crippen LogP contribution is -2.43. The predicted molar refractivity (Wildman–Crippen MR) is 131 cm³/mol. The maximum Gasteiger partial charge on any atom is 0.573 e. The summed E-state index contributed by atoms with van der Waals surface area (Å²) in [6.07, 6.45) is -8.77. The minimum Gasteiger partial charge on any atom is -0.449 e. The Morgan fingerprint density at radius 2 is 1.33 bits per heavy atom. The van der Waals surface area contributed by atoms with Crippen molar-refractivity contribution < 1.29 is 45.3 Å². The van der Waals surface area contributed by atoms with Gasteiger partial charge in [-0.15, -0.1) is 32.9 Å². The summed E-state index contributed by atoms with van der Waals surface area (Å²) in [7, 11) is 0. The Balaban J connectivity index is 2.17. The molecule has 0 fully saturated rings. The number of alkyl carbamates (subject to hydrolysis) is 1. The molecule has 0 atom stereocenters. The van der Waals surface area contributed by atoms with E-state index in [2.05, 4.69) is 21.4 Å². The number of benzene rings is 3. The van der Waals surface area contributed by atoms with Crippen LogP contribution in [0.15, 0.2) is 91.5 Å². The monoisotopic (exact) mass is 553 g/mol. The van der Waals surface area contributed by atoms with E-state index in [1.165, 1.54) is 24.3 Å². The van der Waals surface area contributed by atoms with Gasteiger partial charge in [-0.1, -0.05) is 60.7 Å². The molecule has 0 heterocycles. The fourth-order valence-corrected chi connectivity index (χ4v) is 4.07. The SMILES string of the molecule is C=CCCOC(=O)NCC(Cc1ccccc1)(c1cccc(OC(F)(F)F)c1)c1cccc(OC(F)(F)F)c1. The first-order valence-corrected chi connectivity index (χ1v) is 11.7. The van der Waals surface area contributed by atoms with Gasteiger partial charge in [-0.3, -0.25) is 0 Å². The molecule has 0 saturated carbocycles. The average molecular weight is 553 g/mol. The number of alkyl halides is 6. The van der Waals surface area contributed by atoms with Crippen molar-refractivity contribution in [3.8, 4) is 11.5 Å². The predicted octanol–water partition coefficient (Wildman–Crippen LogP) is 7.31. The van der Waals surface area contributed by atoms with Crippen LogP contribution in [0.2, 0.25) is 0 Å². The van der Waals surface area contributed by atoms with E-state index in [-0.39, 0.29) is 30.7 Å². The summed E-state index contributed by atoms with van der Waals surface area (Å²) in [5.74, 6) is -1.07. The Morgan fingerprint density at radius 1 is 0.795 bits per heavy atom. The second-order valence-corrected chi connectivity index (χ2v) is 8.46. The van der Waals surface area contributed by atoms with E-state index in [1.807, 2.05) is 0 Å². The first-order valence-electron chi connectivity index (χ1n) is 11.7. The summed E-state index contributed by atoms with van der Waals surface area (Å²) < 4.78 is 91.5. The molecule has 0 aromatic heterocycles. The lowest BCUT2D eigenvalue weighted by atomic mass is 9.70. The average Bonchev–Trinajstić information content (AvgIpc) is 2.85. The van der Waals surface area contributed by atoms with Crippen LogP contribution in [0.1, 0.15) is 23.1 Å². The van der Waals surface area contributed by atoms with Crippen LogP contribution < -0.4 is 14.8 Å². The molecule has 3 aromatic carbocycles. The van der Waals surface area contributed by atoms with Gasteiger partial charge in [-0.25, -0.2) is 4.79 Å². The number of rotatable bonds is 11. The molecule has 1 N–H and O–H groups in total. The Labute approximate surface area is 221 Å². The summed E-state index contributed by atoms with van der Waals surface area (Å²) in [5.41, 5.74) is -0.203. The smallest absolute Gasteiger partial charge is 0.449 e. The van der Waals surface area contributed by atoms with E-state index in [0.29, 0.717) is 12.0 Å². The van der Waals surface area contributed by atoms with Crippen molar-refractivity contribution in [2.45, 2.75) is 31.0 Å². The van der Waals surface area contributed by atoms with Gasteiger partial charge in [0.25, 0.3) is 0 Å². The molecule has 0 aliphatic carbocycles. The zero-order valence-electron chi connectivity index (χ0n) is 20.5. The lowest BCUT2D eigenvalue weighted by molar-refractivity contribution is -0.275. The highest BCUT2D eigenvalue weighted by Gasteiger charge is 2.38. The van der Waals surface area contributed by atoms with Crippen molar-refractivity contribution >= 4 is 6.09 Å². The van der Waals surface area contributed by atoms with Crippen LogP contribution in [-0.4, -0.2) is 32.0 Å². The quantitative estimate of drug-likeness (QED) is 0.154. The summed E-state index contributed by atoms with van der Waals surface area (Å²) in [6, 6.07) is 18.9. The summed E-state index contributed by atoms with van der Waals surface area (Å²) in [5, 5.41) is 2.61. The van der Waals surface area contributed by atoms with Gasteiger partial charge >= 0.3 is 18.8 Å². The third-order valence-corrected chi connectivity index (χ3v) is 5.68. The first-order chi connectivity index (χ1) is 18.4. The standard InChI is InChI=1S/C28H25F6NO4/c1-2-3-15-37-25(36)35-19-26(18-20-9-5-4-6-10-20,21-11-7-13-23(16-21)38-27(29,30)31)22-12-8-14-24(17-22)39-28(32,33)34/h2,4-14,16-17H,1,3,15,18-19H2,(H,35,36). The number of hydrogen-bond acceptors (Lipinski definition) is 4. The third-order valence-electron chi connectivity index (χ3n) is 5.68. The van der Waals surface area contributed by atoms with Crippen LogP contribution >= 0.6 is 0 Å². The fourth-order valence-electron chi connectivity index (χ4n) is 4.07. The molecule has 0 aliphatic rings. The molecule has 208 valence electrons. The maximum atomic E-state index is 13.0. The van der Waals surface area contributed by atoms with Gasteiger partial charge in [0.05, 0.1) is 6.61 Å². The topological polar surface area (TPSA) is 56.8 Å². The van der Waals surface area contributed by atoms with Gasteiger partial charge in [-0.05, 0) is 53.8 Å². The van der Waals surface area contributed by atoms with E-state index >= 15 is 0 Å². The van der Waals surface area contributed by atoms with E-state index < -0.39 is 35.7 Å². The second kappa shape index (κ2) is 12.6. The number of carbonyl (C=O) groups excluding carboxylic acids is 1. The molecule has 0 bridgehead atoms. The molecule has 0 aliphatic heterocycles. The van der Waals surface area contributed by atoms with Crippen LogP contribution in [0.4, 0.5) is 31.1 Å². The number of amides is 1. The van der Waals surface area contributed by atoms with Crippen LogP contribution in [0.5, 0.6) is 11.5 Å². The van der Waals surface area contributed by atoms with Crippen molar-refractivity contribution in [3.63, 3.8) is 0 Å². The Morgan fingerprint density at radius 3 is 1.82 bits per heavy atom. The Hall–Kier alpha value is -4.15. The zero-order valence-corrected chi connectivity index (χ0v) is 20.5. The second-order valence-electron chi connectivity index (χ2n) is 8.46. The number of halogens is 6. The van der Waals surface area contributed by atoms with Crippen LogP contribution in [-0.2, 0) is 16.6 Å². The molecule has 0 spiro atoms. The van der Waals surface area contributed by atoms with Crippen LogP contribution in [0, 0.1) is 0 Å². The molecule has 11 heteroatoms. The molecule has 39 heavy (non-hydrogen) atoms. The van der Waals surface area contributed by atoms with E-state index in [9.17, 15) is 31.1 Å².